The second-order valence-corrected chi connectivity index (χ2v) is 6.33. The van der Waals surface area contributed by atoms with E-state index in [1.165, 1.54) is 42.5 Å². The summed E-state index contributed by atoms with van der Waals surface area (Å²) in [6, 6.07) is 9.47. The Hall–Kier alpha value is -3.95. The van der Waals surface area contributed by atoms with Crippen molar-refractivity contribution in [1.82, 2.24) is 4.98 Å². The number of methoxy groups -OCH3 is 1. The van der Waals surface area contributed by atoms with E-state index in [0.717, 1.165) is 7.11 Å². The fourth-order valence-electron chi connectivity index (χ4n) is 2.90. The van der Waals surface area contributed by atoms with Gasteiger partial charge in [-0.2, -0.15) is 8.78 Å². The number of anilines is 1. The van der Waals surface area contributed by atoms with Gasteiger partial charge in [0.2, 0.25) is 17.5 Å². The molecular weight excluding hydrogens is 423 g/mol. The molecule has 158 valence electrons. The zero-order valence-corrected chi connectivity index (χ0v) is 15.6. The second kappa shape index (κ2) is 7.71. The molecule has 0 radical (unpaired) electrons. The lowest BCUT2D eigenvalue weighted by molar-refractivity contribution is 0.101. The summed E-state index contributed by atoms with van der Waals surface area (Å²) >= 11 is 0. The molecule has 31 heavy (non-hydrogen) atoms. The number of halogens is 5. The third-order valence-corrected chi connectivity index (χ3v) is 4.39. The number of ether oxygens (including phenoxy) is 1. The number of fused-ring (bicyclic) bond motifs is 1. The predicted molar refractivity (Wildman–Crippen MR) is 100 cm³/mol. The normalized spacial score (nSPS) is 11.0. The number of benzene rings is 3. The number of amides is 1. The Morgan fingerprint density at radius 2 is 1.58 bits per heavy atom. The minimum Gasteiger partial charge on any atom is -0.491 e. The number of hydrogen-bond donors (Lipinski definition) is 1. The van der Waals surface area contributed by atoms with Crippen LogP contribution in [0.1, 0.15) is 10.4 Å². The molecule has 3 aromatic carbocycles. The highest BCUT2D eigenvalue weighted by molar-refractivity contribution is 6.05. The van der Waals surface area contributed by atoms with E-state index in [9.17, 15) is 26.7 Å². The largest absolute Gasteiger partial charge is 0.491 e. The molecule has 1 N–H and O–H groups in total. The van der Waals surface area contributed by atoms with E-state index in [-0.39, 0.29) is 17.1 Å². The number of rotatable bonds is 4. The number of carbonyl (C=O) groups excluding carboxylic acids is 1. The van der Waals surface area contributed by atoms with Gasteiger partial charge in [0.25, 0.3) is 5.91 Å². The van der Waals surface area contributed by atoms with E-state index < -0.39 is 46.3 Å². The number of oxazole rings is 1. The lowest BCUT2D eigenvalue weighted by atomic mass is 10.1. The van der Waals surface area contributed by atoms with Gasteiger partial charge < -0.3 is 14.5 Å². The fourth-order valence-corrected chi connectivity index (χ4v) is 2.90. The molecule has 0 aliphatic rings. The lowest BCUT2D eigenvalue weighted by Crippen LogP contribution is -2.18. The molecule has 0 atom stereocenters. The minimum absolute atomic E-state index is 0.0342. The van der Waals surface area contributed by atoms with Crippen LogP contribution < -0.4 is 10.1 Å². The van der Waals surface area contributed by atoms with Crippen LogP contribution in [0.4, 0.5) is 27.6 Å². The Labute approximate surface area is 171 Å². The lowest BCUT2D eigenvalue weighted by Gasteiger charge is -2.11. The number of nitrogens with zero attached hydrogens (tertiary/aromatic N) is 1. The van der Waals surface area contributed by atoms with Gasteiger partial charge in [0.05, 0.1) is 7.11 Å². The molecule has 1 aromatic heterocycles. The van der Waals surface area contributed by atoms with Crippen LogP contribution in [0, 0.1) is 29.1 Å². The van der Waals surface area contributed by atoms with Crippen LogP contribution in [0.2, 0.25) is 0 Å². The summed E-state index contributed by atoms with van der Waals surface area (Å²) in [6.45, 7) is 0. The SMILES string of the molecule is COc1c(F)c(F)c(C(=O)Nc2ccc3oc(-c4ccc(F)cc4)nc3c2)c(F)c1F. The molecule has 0 unspecified atom stereocenters. The highest BCUT2D eigenvalue weighted by Gasteiger charge is 2.30. The van der Waals surface area contributed by atoms with Gasteiger partial charge in [0, 0.05) is 11.3 Å². The number of hydrogen-bond acceptors (Lipinski definition) is 4. The monoisotopic (exact) mass is 434 g/mol. The molecule has 4 aromatic rings. The van der Waals surface area contributed by atoms with Crippen molar-refractivity contribution < 1.29 is 35.9 Å². The van der Waals surface area contributed by atoms with E-state index in [1.54, 1.807) is 0 Å². The van der Waals surface area contributed by atoms with Crippen molar-refractivity contribution >= 4 is 22.7 Å². The van der Waals surface area contributed by atoms with Gasteiger partial charge in [-0.05, 0) is 42.5 Å². The summed E-state index contributed by atoms with van der Waals surface area (Å²) in [6.07, 6.45) is 0. The summed E-state index contributed by atoms with van der Waals surface area (Å²) in [5.74, 6) is -10.4. The van der Waals surface area contributed by atoms with E-state index in [4.69, 9.17) is 4.42 Å². The Morgan fingerprint density at radius 3 is 2.19 bits per heavy atom. The summed E-state index contributed by atoms with van der Waals surface area (Å²) in [4.78, 5) is 16.5. The van der Waals surface area contributed by atoms with Gasteiger partial charge in [0.1, 0.15) is 16.9 Å². The molecule has 1 heterocycles. The molecule has 0 fully saturated rings. The first-order chi connectivity index (χ1) is 14.8. The third-order valence-electron chi connectivity index (χ3n) is 4.39. The average molecular weight is 434 g/mol. The smallest absolute Gasteiger partial charge is 0.261 e. The molecule has 0 aliphatic carbocycles. The van der Waals surface area contributed by atoms with Crippen LogP contribution in [0.3, 0.4) is 0 Å². The van der Waals surface area contributed by atoms with Crippen molar-refractivity contribution in [3.8, 4) is 17.2 Å². The maximum absolute atomic E-state index is 14.1. The van der Waals surface area contributed by atoms with E-state index >= 15 is 0 Å². The molecule has 1 amide bonds. The molecular formula is C21H11F5N2O3. The van der Waals surface area contributed by atoms with E-state index in [1.807, 2.05) is 0 Å². The fraction of sp³-hybridized carbons (Fsp3) is 0.0476. The van der Waals surface area contributed by atoms with Gasteiger partial charge in [-0.1, -0.05) is 0 Å². The third kappa shape index (κ3) is 3.56. The Morgan fingerprint density at radius 1 is 0.935 bits per heavy atom. The van der Waals surface area contributed by atoms with Gasteiger partial charge in [-0.15, -0.1) is 0 Å². The van der Waals surface area contributed by atoms with Gasteiger partial charge in [-0.3, -0.25) is 4.79 Å². The quantitative estimate of drug-likeness (QED) is 0.343. The number of carbonyl (C=O) groups is 1. The van der Waals surface area contributed by atoms with Gasteiger partial charge in [0.15, 0.2) is 23.0 Å². The van der Waals surface area contributed by atoms with Gasteiger partial charge in [-0.25, -0.2) is 18.2 Å². The summed E-state index contributed by atoms with van der Waals surface area (Å²) in [5.41, 5.74) is -0.326. The first kappa shape index (κ1) is 20.3. The minimum atomic E-state index is -1.89. The van der Waals surface area contributed by atoms with Gasteiger partial charge >= 0.3 is 0 Å². The second-order valence-electron chi connectivity index (χ2n) is 6.33. The Bertz CT molecular complexity index is 1290. The van der Waals surface area contributed by atoms with Crippen molar-refractivity contribution in [3.05, 3.63) is 77.1 Å². The highest BCUT2D eigenvalue weighted by Crippen LogP contribution is 2.31. The van der Waals surface area contributed by atoms with Crippen LogP contribution in [0.15, 0.2) is 46.9 Å². The number of nitrogens with one attached hydrogen (secondary N) is 1. The molecule has 10 heteroatoms. The topological polar surface area (TPSA) is 64.4 Å². The van der Waals surface area contributed by atoms with Crippen LogP contribution >= 0.6 is 0 Å². The molecule has 4 rings (SSSR count). The predicted octanol–water partition coefficient (Wildman–Crippen LogP) is 5.45. The molecule has 0 spiro atoms. The zero-order valence-electron chi connectivity index (χ0n) is 15.6. The van der Waals surface area contributed by atoms with E-state index in [2.05, 4.69) is 15.0 Å². The Balaban J connectivity index is 1.66. The van der Waals surface area contributed by atoms with Crippen molar-refractivity contribution in [1.29, 1.82) is 0 Å². The summed E-state index contributed by atoms with van der Waals surface area (Å²) in [5, 5.41) is 2.16. The summed E-state index contributed by atoms with van der Waals surface area (Å²) < 4.78 is 78.9. The molecule has 0 bridgehead atoms. The maximum Gasteiger partial charge on any atom is 0.261 e. The Kier molecular flexibility index (Phi) is 5.05. The summed E-state index contributed by atoms with van der Waals surface area (Å²) in [7, 11) is 0.827. The van der Waals surface area contributed by atoms with Crippen molar-refractivity contribution in [2.45, 2.75) is 0 Å². The molecule has 0 aliphatic heterocycles. The standard InChI is InChI=1S/C21H11F5N2O3/c1-30-19-17(25)15(23)14(16(24)18(19)26)20(29)27-11-6-7-13-12(8-11)28-21(31-13)9-2-4-10(22)5-3-9/h2-8H,1H3,(H,27,29). The first-order valence-corrected chi connectivity index (χ1v) is 8.68. The van der Waals surface area contributed by atoms with Crippen molar-refractivity contribution in [3.63, 3.8) is 0 Å². The van der Waals surface area contributed by atoms with Crippen LogP contribution in [0.5, 0.6) is 5.75 Å². The molecule has 5 nitrogen and oxygen atoms in total. The van der Waals surface area contributed by atoms with Crippen molar-refractivity contribution in [2.24, 2.45) is 0 Å². The van der Waals surface area contributed by atoms with Crippen LogP contribution in [0.25, 0.3) is 22.6 Å². The van der Waals surface area contributed by atoms with E-state index in [0.29, 0.717) is 11.1 Å². The zero-order chi connectivity index (χ0) is 22.3. The highest BCUT2D eigenvalue weighted by atomic mass is 19.2. The molecule has 0 saturated heterocycles. The first-order valence-electron chi connectivity index (χ1n) is 8.68. The van der Waals surface area contributed by atoms with Crippen molar-refractivity contribution in [2.75, 3.05) is 12.4 Å². The maximum atomic E-state index is 14.1. The molecule has 0 saturated carbocycles. The van der Waals surface area contributed by atoms with Crippen LogP contribution in [-0.4, -0.2) is 18.0 Å². The average Bonchev–Trinajstić information content (AvgIpc) is 3.17. The van der Waals surface area contributed by atoms with Crippen LogP contribution in [-0.2, 0) is 0 Å². The number of aromatic nitrogens is 1.